The Morgan fingerprint density at radius 1 is 1.08 bits per heavy atom. The highest BCUT2D eigenvalue weighted by atomic mass is 35.5. The summed E-state index contributed by atoms with van der Waals surface area (Å²) in [6.45, 7) is 7.65. The van der Waals surface area contributed by atoms with Gasteiger partial charge in [0.15, 0.2) is 0 Å². The van der Waals surface area contributed by atoms with Gasteiger partial charge in [-0.25, -0.2) is 0 Å². The van der Waals surface area contributed by atoms with Gasteiger partial charge in [-0.05, 0) is 55.1 Å². The fourth-order valence-electron chi connectivity index (χ4n) is 3.81. The molecule has 1 heterocycles. The molecule has 0 amide bonds. The van der Waals surface area contributed by atoms with Gasteiger partial charge in [-0.3, -0.25) is 4.90 Å². The lowest BCUT2D eigenvalue weighted by Crippen LogP contribution is -2.44. The highest BCUT2D eigenvalue weighted by molar-refractivity contribution is 6.31. The van der Waals surface area contributed by atoms with E-state index in [1.807, 2.05) is 24.3 Å². The maximum Gasteiger partial charge on any atom is 0.0451 e. The highest BCUT2D eigenvalue weighted by Crippen LogP contribution is 2.28. The molecule has 3 N–H and O–H groups in total. The molecule has 0 aliphatic carbocycles. The number of hydrogen-bond acceptors (Lipinski definition) is 3. The molecule has 1 unspecified atom stereocenters. The number of piperidine rings is 1. The van der Waals surface area contributed by atoms with Crippen molar-refractivity contribution in [3.05, 3.63) is 64.7 Å². The molecule has 4 heteroatoms. The molecule has 1 saturated heterocycles. The quantitative estimate of drug-likeness (QED) is 0.711. The van der Waals surface area contributed by atoms with E-state index < -0.39 is 0 Å². The van der Waals surface area contributed by atoms with Gasteiger partial charge in [-0.2, -0.15) is 0 Å². The van der Waals surface area contributed by atoms with Crippen LogP contribution in [0, 0.1) is 5.92 Å². The first-order chi connectivity index (χ1) is 12.5. The van der Waals surface area contributed by atoms with E-state index >= 15 is 0 Å². The van der Waals surface area contributed by atoms with Gasteiger partial charge >= 0.3 is 0 Å². The van der Waals surface area contributed by atoms with Gasteiger partial charge in [0.25, 0.3) is 0 Å². The van der Waals surface area contributed by atoms with Crippen LogP contribution in [-0.4, -0.2) is 24.0 Å². The number of likely N-dealkylation sites (tertiary alicyclic amines) is 1. The minimum Gasteiger partial charge on any atom is -0.398 e. The third-order valence-electron chi connectivity index (χ3n) is 5.35. The zero-order valence-corrected chi connectivity index (χ0v) is 16.5. The summed E-state index contributed by atoms with van der Waals surface area (Å²) < 4.78 is 0. The summed E-state index contributed by atoms with van der Waals surface area (Å²) in [7, 11) is 0. The zero-order chi connectivity index (χ0) is 18.5. The minimum atomic E-state index is 0.302. The molecule has 1 aliphatic rings. The Morgan fingerprint density at radius 3 is 2.38 bits per heavy atom. The molecule has 26 heavy (non-hydrogen) atoms. The molecule has 3 rings (SSSR count). The number of rotatable bonds is 6. The maximum atomic E-state index is 6.31. The van der Waals surface area contributed by atoms with Gasteiger partial charge in [0, 0.05) is 29.3 Å². The monoisotopic (exact) mass is 371 g/mol. The Bertz CT molecular complexity index is 708. The number of halogens is 1. The number of nitrogens with one attached hydrogen (secondary N) is 1. The molecular weight excluding hydrogens is 342 g/mol. The summed E-state index contributed by atoms with van der Waals surface area (Å²) in [4.78, 5) is 2.50. The van der Waals surface area contributed by atoms with Crippen molar-refractivity contribution in [1.29, 1.82) is 0 Å². The van der Waals surface area contributed by atoms with E-state index in [0.717, 1.165) is 43.2 Å². The topological polar surface area (TPSA) is 41.3 Å². The molecule has 0 radical (unpaired) electrons. The number of nitrogens with zero attached hydrogens (tertiary/aromatic N) is 1. The summed E-state index contributed by atoms with van der Waals surface area (Å²) in [6.07, 6.45) is 2.31. The Labute approximate surface area is 162 Å². The van der Waals surface area contributed by atoms with Crippen molar-refractivity contribution in [3.63, 3.8) is 0 Å². The number of anilines is 1. The van der Waals surface area contributed by atoms with Crippen LogP contribution in [0.3, 0.4) is 0 Å². The molecule has 1 aliphatic heterocycles. The standard InChI is InChI=1S/C22H30ClN3/c1-16(2)22(19-8-4-6-10-21(19)24)25-18-11-13-26(14-12-18)15-17-7-3-5-9-20(17)23/h3-10,16,18,22,25H,11-15,24H2,1-2H3. The first-order valence-electron chi connectivity index (χ1n) is 9.61. The van der Waals surface area contributed by atoms with Gasteiger partial charge in [0.1, 0.15) is 0 Å². The second kappa shape index (κ2) is 8.90. The number of nitrogens with two attached hydrogens (primary N) is 1. The van der Waals surface area contributed by atoms with Crippen molar-refractivity contribution in [3.8, 4) is 0 Å². The molecule has 2 aromatic rings. The van der Waals surface area contributed by atoms with Crippen molar-refractivity contribution in [1.82, 2.24) is 10.2 Å². The normalized spacial score (nSPS) is 17.5. The van der Waals surface area contributed by atoms with Crippen LogP contribution < -0.4 is 11.1 Å². The van der Waals surface area contributed by atoms with Crippen LogP contribution in [0.15, 0.2) is 48.5 Å². The fraction of sp³-hybridized carbons (Fsp3) is 0.455. The molecule has 0 aromatic heterocycles. The molecule has 0 bridgehead atoms. The lowest BCUT2D eigenvalue weighted by molar-refractivity contribution is 0.178. The average molecular weight is 372 g/mol. The van der Waals surface area contributed by atoms with Gasteiger partial charge in [-0.1, -0.05) is 61.8 Å². The van der Waals surface area contributed by atoms with E-state index in [2.05, 4.69) is 48.3 Å². The van der Waals surface area contributed by atoms with Crippen molar-refractivity contribution in [2.45, 2.75) is 45.3 Å². The molecule has 1 fully saturated rings. The predicted octanol–water partition coefficient (Wildman–Crippen LogP) is 4.87. The highest BCUT2D eigenvalue weighted by Gasteiger charge is 2.25. The van der Waals surface area contributed by atoms with Crippen molar-refractivity contribution < 1.29 is 0 Å². The smallest absolute Gasteiger partial charge is 0.0451 e. The summed E-state index contributed by atoms with van der Waals surface area (Å²) in [5.41, 5.74) is 9.55. The van der Waals surface area contributed by atoms with Crippen LogP contribution in [-0.2, 0) is 6.54 Å². The molecule has 0 spiro atoms. The lowest BCUT2D eigenvalue weighted by Gasteiger charge is -2.36. The van der Waals surface area contributed by atoms with E-state index in [1.165, 1.54) is 11.1 Å². The molecular formula is C22H30ClN3. The number of nitrogen functional groups attached to an aromatic ring is 1. The summed E-state index contributed by atoms with van der Waals surface area (Å²) in [5.74, 6) is 0.501. The SMILES string of the molecule is CC(C)C(NC1CCN(Cc2ccccc2Cl)CC1)c1ccccc1N. The van der Waals surface area contributed by atoms with Crippen molar-refractivity contribution >= 4 is 17.3 Å². The molecule has 140 valence electrons. The Balaban J connectivity index is 1.57. The number of para-hydroxylation sites is 1. The summed E-state index contributed by atoms with van der Waals surface area (Å²) in [5, 5.41) is 4.74. The van der Waals surface area contributed by atoms with Crippen LogP contribution >= 0.6 is 11.6 Å². The lowest BCUT2D eigenvalue weighted by atomic mass is 9.92. The predicted molar refractivity (Wildman–Crippen MR) is 111 cm³/mol. The van der Waals surface area contributed by atoms with Crippen LogP contribution in [0.5, 0.6) is 0 Å². The van der Waals surface area contributed by atoms with Crippen LogP contribution in [0.2, 0.25) is 5.02 Å². The van der Waals surface area contributed by atoms with Crippen LogP contribution in [0.25, 0.3) is 0 Å². The van der Waals surface area contributed by atoms with E-state index in [1.54, 1.807) is 0 Å². The third-order valence-corrected chi connectivity index (χ3v) is 5.72. The Morgan fingerprint density at radius 2 is 1.73 bits per heavy atom. The van der Waals surface area contributed by atoms with Crippen molar-refractivity contribution in [2.24, 2.45) is 5.92 Å². The van der Waals surface area contributed by atoms with Gasteiger partial charge in [-0.15, -0.1) is 0 Å². The first-order valence-corrected chi connectivity index (χ1v) is 9.98. The molecule has 3 nitrogen and oxygen atoms in total. The second-order valence-electron chi connectivity index (χ2n) is 7.66. The van der Waals surface area contributed by atoms with Crippen molar-refractivity contribution in [2.75, 3.05) is 18.8 Å². The van der Waals surface area contributed by atoms with E-state index in [0.29, 0.717) is 18.0 Å². The second-order valence-corrected chi connectivity index (χ2v) is 8.07. The largest absolute Gasteiger partial charge is 0.398 e. The maximum absolute atomic E-state index is 6.31. The Kier molecular flexibility index (Phi) is 6.58. The first kappa shape index (κ1) is 19.2. The number of hydrogen-bond donors (Lipinski definition) is 2. The van der Waals surface area contributed by atoms with E-state index in [4.69, 9.17) is 17.3 Å². The third kappa shape index (κ3) is 4.79. The molecule has 1 atom stereocenters. The van der Waals surface area contributed by atoms with Crippen LogP contribution in [0.1, 0.15) is 43.9 Å². The van der Waals surface area contributed by atoms with E-state index in [9.17, 15) is 0 Å². The summed E-state index contributed by atoms with van der Waals surface area (Å²) >= 11 is 6.31. The minimum absolute atomic E-state index is 0.302. The number of benzene rings is 2. The molecule has 2 aromatic carbocycles. The zero-order valence-electron chi connectivity index (χ0n) is 15.8. The Hall–Kier alpha value is -1.55. The average Bonchev–Trinajstić information content (AvgIpc) is 2.63. The summed E-state index contributed by atoms with van der Waals surface area (Å²) in [6, 6.07) is 17.2. The van der Waals surface area contributed by atoms with E-state index in [-0.39, 0.29) is 0 Å². The van der Waals surface area contributed by atoms with Crippen LogP contribution in [0.4, 0.5) is 5.69 Å². The molecule has 0 saturated carbocycles. The van der Waals surface area contributed by atoms with Gasteiger partial charge < -0.3 is 11.1 Å². The van der Waals surface area contributed by atoms with Gasteiger partial charge in [0.05, 0.1) is 0 Å². The van der Waals surface area contributed by atoms with Gasteiger partial charge in [0.2, 0.25) is 0 Å². The fourth-order valence-corrected chi connectivity index (χ4v) is 4.01.